The summed E-state index contributed by atoms with van der Waals surface area (Å²) in [5, 5.41) is 0.994. The minimum atomic E-state index is -0.364. The Morgan fingerprint density at radius 3 is 2.53 bits per heavy atom. The number of nitrogens with two attached hydrogens (primary N) is 1. The lowest BCUT2D eigenvalue weighted by atomic mass is 9.85. The lowest BCUT2D eigenvalue weighted by Crippen LogP contribution is -2.14. The maximum atomic E-state index is 13.4. The Labute approximate surface area is 105 Å². The third-order valence-electron chi connectivity index (χ3n) is 2.72. The molecule has 0 aliphatic heterocycles. The van der Waals surface area contributed by atoms with Gasteiger partial charge in [-0.3, -0.25) is 0 Å². The highest BCUT2D eigenvalue weighted by Gasteiger charge is 2.25. The van der Waals surface area contributed by atoms with E-state index in [4.69, 9.17) is 21.8 Å². The van der Waals surface area contributed by atoms with E-state index in [1.54, 1.807) is 0 Å². The molecule has 0 atom stereocenters. The van der Waals surface area contributed by atoms with Gasteiger partial charge in [-0.05, 0) is 17.5 Å². The monoisotopic (exact) mass is 255 g/mol. The van der Waals surface area contributed by atoms with Crippen molar-refractivity contribution in [2.45, 2.75) is 32.7 Å². The largest absolute Gasteiger partial charge is 0.458 e. The SMILES string of the molecule is CC(C)(C)c1c(CN)oc2c(Cl)cc(F)cc12. The Hall–Kier alpha value is -1.06. The minimum absolute atomic E-state index is 0.170. The Kier molecular flexibility index (Phi) is 2.92. The number of rotatable bonds is 1. The van der Waals surface area contributed by atoms with E-state index in [2.05, 4.69) is 0 Å². The third kappa shape index (κ3) is 2.05. The van der Waals surface area contributed by atoms with Crippen molar-refractivity contribution in [1.82, 2.24) is 0 Å². The molecule has 0 spiro atoms. The Morgan fingerprint density at radius 2 is 2.00 bits per heavy atom. The molecule has 2 nitrogen and oxygen atoms in total. The van der Waals surface area contributed by atoms with E-state index in [1.807, 2.05) is 20.8 Å². The Bertz CT molecular complexity index is 569. The molecule has 1 aromatic heterocycles. The smallest absolute Gasteiger partial charge is 0.153 e. The standard InChI is InChI=1S/C13H15ClFNO/c1-13(2,3)11-8-4-7(15)5-9(14)12(8)17-10(11)6-16/h4-5H,6,16H2,1-3H3. The summed E-state index contributed by atoms with van der Waals surface area (Å²) in [6.45, 7) is 6.39. The number of furan rings is 1. The fourth-order valence-electron chi connectivity index (χ4n) is 2.14. The van der Waals surface area contributed by atoms with Crippen LogP contribution in [0.5, 0.6) is 0 Å². The molecule has 0 radical (unpaired) electrons. The zero-order valence-electron chi connectivity index (χ0n) is 10.1. The third-order valence-corrected chi connectivity index (χ3v) is 3.00. The summed E-state index contributed by atoms with van der Waals surface area (Å²) in [6, 6.07) is 2.70. The van der Waals surface area contributed by atoms with E-state index in [-0.39, 0.29) is 22.8 Å². The van der Waals surface area contributed by atoms with Crippen LogP contribution in [-0.2, 0) is 12.0 Å². The maximum Gasteiger partial charge on any atom is 0.153 e. The van der Waals surface area contributed by atoms with Crippen molar-refractivity contribution in [1.29, 1.82) is 0 Å². The molecule has 1 aromatic carbocycles. The van der Waals surface area contributed by atoms with Crippen LogP contribution in [-0.4, -0.2) is 0 Å². The summed E-state index contributed by atoms with van der Waals surface area (Å²) in [5.41, 5.74) is 6.94. The van der Waals surface area contributed by atoms with Gasteiger partial charge >= 0.3 is 0 Å². The zero-order valence-corrected chi connectivity index (χ0v) is 10.9. The molecular formula is C13H15ClFNO. The first-order valence-electron chi connectivity index (χ1n) is 5.45. The van der Waals surface area contributed by atoms with Crippen LogP contribution >= 0.6 is 11.6 Å². The summed E-state index contributed by atoms with van der Waals surface area (Å²) in [4.78, 5) is 0. The van der Waals surface area contributed by atoms with Crippen LogP contribution in [0.4, 0.5) is 4.39 Å². The summed E-state index contributed by atoms with van der Waals surface area (Å²) in [7, 11) is 0. The summed E-state index contributed by atoms with van der Waals surface area (Å²) < 4.78 is 19.1. The highest BCUT2D eigenvalue weighted by Crippen LogP contribution is 2.38. The number of hydrogen-bond donors (Lipinski definition) is 1. The summed E-state index contributed by atoms with van der Waals surface area (Å²) in [5.74, 6) is 0.303. The van der Waals surface area contributed by atoms with Gasteiger partial charge in [0, 0.05) is 10.9 Å². The van der Waals surface area contributed by atoms with Crippen LogP contribution < -0.4 is 5.73 Å². The Balaban J connectivity index is 2.88. The van der Waals surface area contributed by atoms with E-state index in [9.17, 15) is 4.39 Å². The van der Waals surface area contributed by atoms with Gasteiger partial charge in [0.1, 0.15) is 11.6 Å². The van der Waals surface area contributed by atoms with Crippen LogP contribution in [0.25, 0.3) is 11.0 Å². The molecule has 1 heterocycles. The molecule has 2 rings (SSSR count). The van der Waals surface area contributed by atoms with Gasteiger partial charge < -0.3 is 10.2 Å². The molecule has 17 heavy (non-hydrogen) atoms. The van der Waals surface area contributed by atoms with Crippen molar-refractivity contribution in [3.8, 4) is 0 Å². The van der Waals surface area contributed by atoms with Gasteiger partial charge in [-0.2, -0.15) is 0 Å². The summed E-state index contributed by atoms with van der Waals surface area (Å²) in [6.07, 6.45) is 0. The predicted octanol–water partition coefficient (Wildman–Crippen LogP) is 3.98. The van der Waals surface area contributed by atoms with Gasteiger partial charge in [0.2, 0.25) is 0 Å². The van der Waals surface area contributed by atoms with Crippen molar-refractivity contribution < 1.29 is 8.81 Å². The number of fused-ring (bicyclic) bond motifs is 1. The van der Waals surface area contributed by atoms with Gasteiger partial charge in [-0.1, -0.05) is 32.4 Å². The molecule has 0 fully saturated rings. The molecule has 0 aliphatic carbocycles. The average Bonchev–Trinajstić information content (AvgIpc) is 2.55. The second-order valence-corrected chi connectivity index (χ2v) is 5.53. The first-order valence-corrected chi connectivity index (χ1v) is 5.83. The highest BCUT2D eigenvalue weighted by atomic mass is 35.5. The molecule has 0 unspecified atom stereocenters. The van der Waals surface area contributed by atoms with Gasteiger partial charge in [-0.25, -0.2) is 4.39 Å². The van der Waals surface area contributed by atoms with Gasteiger partial charge in [0.25, 0.3) is 0 Å². The number of hydrogen-bond acceptors (Lipinski definition) is 2. The van der Waals surface area contributed by atoms with Crippen molar-refractivity contribution in [3.63, 3.8) is 0 Å². The van der Waals surface area contributed by atoms with Gasteiger partial charge in [0.05, 0.1) is 11.6 Å². The molecule has 0 aliphatic rings. The van der Waals surface area contributed by atoms with Crippen molar-refractivity contribution in [2.24, 2.45) is 5.73 Å². The second kappa shape index (κ2) is 4.00. The van der Waals surface area contributed by atoms with Crippen LogP contribution in [0.2, 0.25) is 5.02 Å². The fraction of sp³-hybridized carbons (Fsp3) is 0.385. The molecular weight excluding hydrogens is 241 g/mol. The minimum Gasteiger partial charge on any atom is -0.458 e. The maximum absolute atomic E-state index is 13.4. The van der Waals surface area contributed by atoms with Crippen LogP contribution in [0, 0.1) is 5.82 Å². The molecule has 0 saturated heterocycles. The molecule has 92 valence electrons. The number of halogens is 2. The normalized spacial score (nSPS) is 12.4. The molecule has 0 bridgehead atoms. The van der Waals surface area contributed by atoms with Gasteiger partial charge in [0.15, 0.2) is 5.58 Å². The van der Waals surface area contributed by atoms with Crippen LogP contribution in [0.1, 0.15) is 32.1 Å². The topological polar surface area (TPSA) is 39.2 Å². The van der Waals surface area contributed by atoms with Crippen molar-refractivity contribution >= 4 is 22.6 Å². The lowest BCUT2D eigenvalue weighted by Gasteiger charge is -2.18. The van der Waals surface area contributed by atoms with E-state index >= 15 is 0 Å². The first-order chi connectivity index (χ1) is 7.84. The molecule has 2 N–H and O–H groups in total. The van der Waals surface area contributed by atoms with E-state index in [0.29, 0.717) is 16.7 Å². The zero-order chi connectivity index (χ0) is 12.8. The van der Waals surface area contributed by atoms with Crippen LogP contribution in [0.3, 0.4) is 0 Å². The average molecular weight is 256 g/mol. The predicted molar refractivity (Wildman–Crippen MR) is 67.8 cm³/mol. The van der Waals surface area contributed by atoms with Gasteiger partial charge in [-0.15, -0.1) is 0 Å². The molecule has 4 heteroatoms. The Morgan fingerprint density at radius 1 is 1.35 bits per heavy atom. The first kappa shape index (κ1) is 12.4. The van der Waals surface area contributed by atoms with Crippen molar-refractivity contribution in [3.05, 3.63) is 34.3 Å². The van der Waals surface area contributed by atoms with E-state index in [0.717, 1.165) is 5.56 Å². The molecule has 0 amide bonds. The molecule has 0 saturated carbocycles. The number of benzene rings is 1. The molecule has 2 aromatic rings. The second-order valence-electron chi connectivity index (χ2n) is 5.12. The van der Waals surface area contributed by atoms with E-state index in [1.165, 1.54) is 12.1 Å². The quantitative estimate of drug-likeness (QED) is 0.837. The highest BCUT2D eigenvalue weighted by molar-refractivity contribution is 6.35. The fourth-order valence-corrected chi connectivity index (χ4v) is 2.38. The lowest BCUT2D eigenvalue weighted by molar-refractivity contribution is 0.511. The van der Waals surface area contributed by atoms with Crippen LogP contribution in [0.15, 0.2) is 16.5 Å². The van der Waals surface area contributed by atoms with E-state index < -0.39 is 0 Å². The van der Waals surface area contributed by atoms with Crippen molar-refractivity contribution in [2.75, 3.05) is 0 Å². The summed E-state index contributed by atoms with van der Waals surface area (Å²) >= 11 is 5.98.